The van der Waals surface area contributed by atoms with E-state index in [-0.39, 0.29) is 0 Å². The maximum Gasteiger partial charge on any atom is 0.0343 e. The van der Waals surface area contributed by atoms with Crippen molar-refractivity contribution in [2.24, 2.45) is 0 Å². The summed E-state index contributed by atoms with van der Waals surface area (Å²) in [5, 5.41) is 0. The first-order chi connectivity index (χ1) is 8.65. The van der Waals surface area contributed by atoms with Gasteiger partial charge in [0.1, 0.15) is 0 Å². The Morgan fingerprint density at radius 3 is 2.67 bits per heavy atom. The molecule has 0 atom stereocenters. The van der Waals surface area contributed by atoms with Crippen LogP contribution in [0.15, 0.2) is 18.2 Å². The lowest BCUT2D eigenvalue weighted by Gasteiger charge is -2.21. The Bertz CT molecular complexity index is 383. The van der Waals surface area contributed by atoms with Crippen molar-refractivity contribution >= 4 is 5.69 Å². The van der Waals surface area contributed by atoms with Crippen LogP contribution >= 0.6 is 0 Å². The highest BCUT2D eigenvalue weighted by molar-refractivity contribution is 5.47. The minimum atomic E-state index is 0.887. The number of aryl methyl sites for hydroxylation is 1. The summed E-state index contributed by atoms with van der Waals surface area (Å²) in [6.45, 7) is 8.00. The highest BCUT2D eigenvalue weighted by Gasteiger charge is 2.11. The Morgan fingerprint density at radius 1 is 1.28 bits per heavy atom. The average molecular weight is 247 g/mol. The maximum atomic E-state index is 5.84. The van der Waals surface area contributed by atoms with Crippen molar-refractivity contribution in [1.82, 2.24) is 9.80 Å². The fraction of sp³-hybridized carbons (Fsp3) is 0.600. The lowest BCUT2D eigenvalue weighted by atomic mass is 10.1. The molecule has 1 heterocycles. The van der Waals surface area contributed by atoms with Crippen LogP contribution in [0.4, 0.5) is 5.69 Å². The first kappa shape index (κ1) is 13.4. The largest absolute Gasteiger partial charge is 0.399 e. The van der Waals surface area contributed by atoms with Crippen LogP contribution in [0.3, 0.4) is 0 Å². The number of anilines is 1. The number of nitrogens with zero attached hydrogens (tertiary/aromatic N) is 2. The molecule has 0 radical (unpaired) electrons. The van der Waals surface area contributed by atoms with Gasteiger partial charge in [-0.05, 0) is 57.1 Å². The minimum Gasteiger partial charge on any atom is -0.399 e. The predicted molar refractivity (Wildman–Crippen MR) is 77.6 cm³/mol. The third-order valence-electron chi connectivity index (χ3n) is 3.78. The second-order valence-electron chi connectivity index (χ2n) is 5.48. The van der Waals surface area contributed by atoms with Crippen molar-refractivity contribution in [1.29, 1.82) is 0 Å². The fourth-order valence-electron chi connectivity index (χ4n) is 2.55. The van der Waals surface area contributed by atoms with Gasteiger partial charge in [0.05, 0.1) is 0 Å². The predicted octanol–water partition coefficient (Wildman–Crippen LogP) is 2.10. The zero-order valence-corrected chi connectivity index (χ0v) is 11.7. The number of hydrogen-bond donors (Lipinski definition) is 1. The zero-order valence-electron chi connectivity index (χ0n) is 11.7. The van der Waals surface area contributed by atoms with E-state index in [2.05, 4.69) is 35.9 Å². The quantitative estimate of drug-likeness (QED) is 0.809. The van der Waals surface area contributed by atoms with Crippen LogP contribution in [0.2, 0.25) is 0 Å². The summed E-state index contributed by atoms with van der Waals surface area (Å²) >= 11 is 0. The molecule has 0 amide bonds. The SMILES string of the molecule is Cc1cc(CN(C)CCN2CCCC2)ccc1N. The van der Waals surface area contributed by atoms with Crippen LogP contribution in [0.25, 0.3) is 0 Å². The average Bonchev–Trinajstić information content (AvgIpc) is 2.84. The van der Waals surface area contributed by atoms with E-state index >= 15 is 0 Å². The minimum absolute atomic E-state index is 0.887. The number of likely N-dealkylation sites (tertiary alicyclic amines) is 1. The first-order valence-corrected chi connectivity index (χ1v) is 6.91. The number of nitrogens with two attached hydrogens (primary N) is 1. The van der Waals surface area contributed by atoms with Gasteiger partial charge in [-0.1, -0.05) is 12.1 Å². The molecule has 3 nitrogen and oxygen atoms in total. The molecule has 1 fully saturated rings. The molecule has 18 heavy (non-hydrogen) atoms. The van der Waals surface area contributed by atoms with Crippen molar-refractivity contribution in [3.63, 3.8) is 0 Å². The van der Waals surface area contributed by atoms with Crippen molar-refractivity contribution in [2.75, 3.05) is 39.0 Å². The highest BCUT2D eigenvalue weighted by atomic mass is 15.2. The molecular weight excluding hydrogens is 222 g/mol. The Balaban J connectivity index is 1.78. The summed E-state index contributed by atoms with van der Waals surface area (Å²) in [7, 11) is 2.20. The zero-order chi connectivity index (χ0) is 13.0. The molecule has 2 N–H and O–H groups in total. The second kappa shape index (κ2) is 6.21. The van der Waals surface area contributed by atoms with Gasteiger partial charge in [-0.25, -0.2) is 0 Å². The van der Waals surface area contributed by atoms with Gasteiger partial charge in [-0.15, -0.1) is 0 Å². The Morgan fingerprint density at radius 2 is 2.00 bits per heavy atom. The molecule has 1 aromatic carbocycles. The molecule has 3 heteroatoms. The molecule has 0 unspecified atom stereocenters. The Labute approximate surface area is 111 Å². The van der Waals surface area contributed by atoms with E-state index in [1.165, 1.54) is 43.6 Å². The smallest absolute Gasteiger partial charge is 0.0343 e. The van der Waals surface area contributed by atoms with Crippen LogP contribution in [0, 0.1) is 6.92 Å². The number of nitrogen functional groups attached to an aromatic ring is 1. The molecule has 2 rings (SSSR count). The molecule has 0 bridgehead atoms. The maximum absolute atomic E-state index is 5.84. The van der Waals surface area contributed by atoms with E-state index in [9.17, 15) is 0 Å². The summed E-state index contributed by atoms with van der Waals surface area (Å²) in [5.41, 5.74) is 9.26. The third kappa shape index (κ3) is 3.72. The molecule has 100 valence electrons. The molecule has 1 aromatic rings. The standard InChI is InChI=1S/C15H25N3/c1-13-11-14(5-6-15(13)16)12-17(2)9-10-18-7-3-4-8-18/h5-6,11H,3-4,7-10,12,16H2,1-2H3. The summed E-state index contributed by atoms with van der Waals surface area (Å²) in [6.07, 6.45) is 2.75. The van der Waals surface area contributed by atoms with Crippen LogP contribution < -0.4 is 5.73 Å². The number of benzene rings is 1. The second-order valence-corrected chi connectivity index (χ2v) is 5.48. The van der Waals surface area contributed by atoms with Gasteiger partial charge in [-0.2, -0.15) is 0 Å². The van der Waals surface area contributed by atoms with E-state index in [4.69, 9.17) is 5.73 Å². The van der Waals surface area contributed by atoms with Gasteiger partial charge in [-0.3, -0.25) is 0 Å². The van der Waals surface area contributed by atoms with Crippen LogP contribution in [0.1, 0.15) is 24.0 Å². The lowest BCUT2D eigenvalue weighted by Crippen LogP contribution is -2.31. The summed E-state index contributed by atoms with van der Waals surface area (Å²) in [4.78, 5) is 4.95. The van der Waals surface area contributed by atoms with Crippen LogP contribution in [-0.2, 0) is 6.54 Å². The van der Waals surface area contributed by atoms with Crippen molar-refractivity contribution in [2.45, 2.75) is 26.3 Å². The number of rotatable bonds is 5. The molecular formula is C15H25N3. The molecule has 1 aliphatic heterocycles. The highest BCUT2D eigenvalue weighted by Crippen LogP contribution is 2.14. The molecule has 0 saturated carbocycles. The summed E-state index contributed by atoms with van der Waals surface area (Å²) in [6, 6.07) is 6.34. The van der Waals surface area contributed by atoms with Gasteiger partial charge < -0.3 is 15.5 Å². The monoisotopic (exact) mass is 247 g/mol. The number of likely N-dealkylation sites (N-methyl/N-ethyl adjacent to an activating group) is 1. The van der Waals surface area contributed by atoms with Gasteiger partial charge in [0.25, 0.3) is 0 Å². The van der Waals surface area contributed by atoms with E-state index in [1.807, 2.05) is 6.07 Å². The summed E-state index contributed by atoms with van der Waals surface area (Å²) < 4.78 is 0. The Hall–Kier alpha value is -1.06. The fourth-order valence-corrected chi connectivity index (χ4v) is 2.55. The van der Waals surface area contributed by atoms with E-state index in [0.29, 0.717) is 0 Å². The van der Waals surface area contributed by atoms with Crippen molar-refractivity contribution in [3.8, 4) is 0 Å². The van der Waals surface area contributed by atoms with E-state index in [0.717, 1.165) is 18.8 Å². The Kier molecular flexibility index (Phi) is 4.61. The van der Waals surface area contributed by atoms with Gasteiger partial charge in [0.15, 0.2) is 0 Å². The van der Waals surface area contributed by atoms with Crippen LogP contribution in [-0.4, -0.2) is 43.0 Å². The van der Waals surface area contributed by atoms with Crippen molar-refractivity contribution < 1.29 is 0 Å². The topological polar surface area (TPSA) is 32.5 Å². The van der Waals surface area contributed by atoms with E-state index in [1.54, 1.807) is 0 Å². The van der Waals surface area contributed by atoms with Gasteiger partial charge in [0, 0.05) is 25.3 Å². The normalized spacial score (nSPS) is 16.6. The molecule has 0 aromatic heterocycles. The summed E-state index contributed by atoms with van der Waals surface area (Å²) in [5.74, 6) is 0. The third-order valence-corrected chi connectivity index (χ3v) is 3.78. The molecule has 1 aliphatic rings. The lowest BCUT2D eigenvalue weighted by molar-refractivity contribution is 0.252. The molecule has 0 spiro atoms. The van der Waals surface area contributed by atoms with Crippen molar-refractivity contribution in [3.05, 3.63) is 29.3 Å². The number of hydrogen-bond acceptors (Lipinski definition) is 3. The molecule has 0 aliphatic carbocycles. The van der Waals surface area contributed by atoms with Gasteiger partial charge >= 0.3 is 0 Å². The van der Waals surface area contributed by atoms with Gasteiger partial charge in [0.2, 0.25) is 0 Å². The van der Waals surface area contributed by atoms with Crippen LogP contribution in [0.5, 0.6) is 0 Å². The molecule has 1 saturated heterocycles. The van der Waals surface area contributed by atoms with E-state index < -0.39 is 0 Å². The first-order valence-electron chi connectivity index (χ1n) is 6.91.